The quantitative estimate of drug-likeness (QED) is 0.840. The molecule has 0 heterocycles. The van der Waals surface area contributed by atoms with Crippen molar-refractivity contribution in [3.05, 3.63) is 35.6 Å². The lowest BCUT2D eigenvalue weighted by Gasteiger charge is -2.11. The van der Waals surface area contributed by atoms with Gasteiger partial charge in [0.1, 0.15) is 5.75 Å². The molecule has 0 atom stereocenters. The van der Waals surface area contributed by atoms with Crippen LogP contribution in [0.25, 0.3) is 10.8 Å². The van der Waals surface area contributed by atoms with E-state index in [9.17, 15) is 9.50 Å². The number of benzene rings is 2. The Morgan fingerprint density at radius 3 is 2.75 bits per heavy atom. The molecule has 0 aliphatic carbocycles. The molecule has 0 fully saturated rings. The van der Waals surface area contributed by atoms with Crippen molar-refractivity contribution in [3.8, 4) is 11.5 Å². The number of hydrogen-bond acceptors (Lipinski definition) is 2. The van der Waals surface area contributed by atoms with E-state index in [1.807, 2.05) is 13.8 Å². The highest BCUT2D eigenvalue weighted by Gasteiger charge is 2.11. The number of phenols is 1. The van der Waals surface area contributed by atoms with Crippen LogP contribution < -0.4 is 4.74 Å². The third kappa shape index (κ3) is 1.69. The van der Waals surface area contributed by atoms with E-state index in [1.165, 1.54) is 6.07 Å². The van der Waals surface area contributed by atoms with Crippen LogP contribution in [0.4, 0.5) is 4.39 Å². The molecule has 0 aromatic heterocycles. The van der Waals surface area contributed by atoms with Gasteiger partial charge in [-0.1, -0.05) is 6.07 Å². The fraction of sp³-hybridized carbons (Fsp3) is 0.231. The summed E-state index contributed by atoms with van der Waals surface area (Å²) in [6.07, 6.45) is 0. The summed E-state index contributed by atoms with van der Waals surface area (Å²) in [5.41, 5.74) is 0.804. The molecule has 0 amide bonds. The topological polar surface area (TPSA) is 29.5 Å². The van der Waals surface area contributed by atoms with E-state index in [0.717, 1.165) is 16.3 Å². The van der Waals surface area contributed by atoms with Crippen molar-refractivity contribution < 1.29 is 14.2 Å². The van der Waals surface area contributed by atoms with Crippen molar-refractivity contribution in [2.24, 2.45) is 0 Å². The number of hydrogen-bond donors (Lipinski definition) is 1. The Kier molecular flexibility index (Phi) is 2.69. The van der Waals surface area contributed by atoms with Crippen LogP contribution in [0.1, 0.15) is 12.5 Å². The van der Waals surface area contributed by atoms with Crippen LogP contribution in [0.2, 0.25) is 0 Å². The van der Waals surface area contributed by atoms with Gasteiger partial charge in [-0.25, -0.2) is 4.39 Å². The predicted molar refractivity (Wildman–Crippen MR) is 61.5 cm³/mol. The minimum absolute atomic E-state index is 0.180. The molecule has 0 saturated heterocycles. The third-order valence-corrected chi connectivity index (χ3v) is 2.49. The van der Waals surface area contributed by atoms with Gasteiger partial charge in [-0.15, -0.1) is 0 Å². The van der Waals surface area contributed by atoms with E-state index < -0.39 is 0 Å². The van der Waals surface area contributed by atoms with Crippen molar-refractivity contribution in [2.45, 2.75) is 13.8 Å². The minimum Gasteiger partial charge on any atom is -0.508 e. The van der Waals surface area contributed by atoms with Gasteiger partial charge in [0.25, 0.3) is 0 Å². The molecule has 0 aliphatic rings. The second-order valence-electron chi connectivity index (χ2n) is 3.67. The summed E-state index contributed by atoms with van der Waals surface area (Å²) in [6, 6.07) is 6.20. The molecule has 0 bridgehead atoms. The lowest BCUT2D eigenvalue weighted by Crippen LogP contribution is -1.96. The zero-order valence-electron chi connectivity index (χ0n) is 9.25. The fourth-order valence-electron chi connectivity index (χ4n) is 1.88. The van der Waals surface area contributed by atoms with Crippen LogP contribution in [-0.2, 0) is 0 Å². The summed E-state index contributed by atoms with van der Waals surface area (Å²) >= 11 is 0. The Balaban J connectivity index is 2.80. The molecule has 2 rings (SSSR count). The predicted octanol–water partition coefficient (Wildman–Crippen LogP) is 3.39. The van der Waals surface area contributed by atoms with Crippen LogP contribution in [0, 0.1) is 12.7 Å². The smallest absolute Gasteiger partial charge is 0.165 e. The number of halogens is 1. The second-order valence-corrected chi connectivity index (χ2v) is 3.67. The van der Waals surface area contributed by atoms with Gasteiger partial charge in [0.2, 0.25) is 0 Å². The number of fused-ring (bicyclic) bond motifs is 1. The van der Waals surface area contributed by atoms with Gasteiger partial charge in [0.15, 0.2) is 11.6 Å². The number of ether oxygens (including phenoxy) is 1. The first-order chi connectivity index (χ1) is 7.63. The molecule has 3 heteroatoms. The zero-order valence-corrected chi connectivity index (χ0v) is 9.25. The normalized spacial score (nSPS) is 10.7. The highest BCUT2D eigenvalue weighted by atomic mass is 19.1. The molecular weight excluding hydrogens is 207 g/mol. The summed E-state index contributed by atoms with van der Waals surface area (Å²) < 4.78 is 18.9. The van der Waals surface area contributed by atoms with Crippen molar-refractivity contribution in [3.63, 3.8) is 0 Å². The maximum absolute atomic E-state index is 13.6. The molecule has 0 aliphatic heterocycles. The van der Waals surface area contributed by atoms with Crippen LogP contribution in [0.15, 0.2) is 24.3 Å². The van der Waals surface area contributed by atoms with Crippen molar-refractivity contribution in [2.75, 3.05) is 6.61 Å². The molecule has 2 nitrogen and oxygen atoms in total. The number of aryl methyl sites for hydroxylation is 1. The summed E-state index contributed by atoms with van der Waals surface area (Å²) in [7, 11) is 0. The second kappa shape index (κ2) is 4.00. The maximum Gasteiger partial charge on any atom is 0.165 e. The molecule has 0 saturated carbocycles. The summed E-state index contributed by atoms with van der Waals surface area (Å²) in [5.74, 6) is 0.0692. The highest BCUT2D eigenvalue weighted by Crippen LogP contribution is 2.34. The van der Waals surface area contributed by atoms with Gasteiger partial charge in [-0.05, 0) is 43.0 Å². The Morgan fingerprint density at radius 1 is 1.31 bits per heavy atom. The number of rotatable bonds is 2. The molecule has 0 unspecified atom stereocenters. The van der Waals surface area contributed by atoms with E-state index in [-0.39, 0.29) is 17.3 Å². The molecule has 84 valence electrons. The van der Waals surface area contributed by atoms with E-state index >= 15 is 0 Å². The molecule has 2 aromatic rings. The fourth-order valence-corrected chi connectivity index (χ4v) is 1.88. The van der Waals surface area contributed by atoms with Gasteiger partial charge in [0, 0.05) is 5.39 Å². The van der Waals surface area contributed by atoms with Gasteiger partial charge in [-0.2, -0.15) is 0 Å². The third-order valence-electron chi connectivity index (χ3n) is 2.49. The summed E-state index contributed by atoms with van der Waals surface area (Å²) in [5, 5.41) is 11.0. The van der Waals surface area contributed by atoms with Gasteiger partial charge >= 0.3 is 0 Å². The number of aromatic hydroxyl groups is 1. The summed E-state index contributed by atoms with van der Waals surface area (Å²) in [4.78, 5) is 0. The van der Waals surface area contributed by atoms with Gasteiger partial charge in [-0.3, -0.25) is 0 Å². The van der Waals surface area contributed by atoms with Gasteiger partial charge < -0.3 is 9.84 Å². The molecule has 0 radical (unpaired) electrons. The average molecular weight is 220 g/mol. The van der Waals surface area contributed by atoms with Crippen LogP contribution >= 0.6 is 0 Å². The van der Waals surface area contributed by atoms with Crippen LogP contribution in [-0.4, -0.2) is 11.7 Å². The molecule has 2 aromatic carbocycles. The molecule has 0 spiro atoms. The molecule has 16 heavy (non-hydrogen) atoms. The molecular formula is C13H13FO2. The van der Waals surface area contributed by atoms with Gasteiger partial charge in [0.05, 0.1) is 6.61 Å². The largest absolute Gasteiger partial charge is 0.508 e. The first kappa shape index (κ1) is 10.7. The Morgan fingerprint density at radius 2 is 2.06 bits per heavy atom. The molecule has 1 N–H and O–H groups in total. The van der Waals surface area contributed by atoms with E-state index in [1.54, 1.807) is 18.2 Å². The maximum atomic E-state index is 13.6. The lowest BCUT2D eigenvalue weighted by molar-refractivity contribution is 0.326. The van der Waals surface area contributed by atoms with Crippen molar-refractivity contribution in [1.82, 2.24) is 0 Å². The van der Waals surface area contributed by atoms with Crippen molar-refractivity contribution >= 4 is 10.8 Å². The Labute approximate surface area is 93.3 Å². The lowest BCUT2D eigenvalue weighted by atomic mass is 10.0. The minimum atomic E-state index is -0.372. The van der Waals surface area contributed by atoms with Crippen molar-refractivity contribution in [1.29, 1.82) is 0 Å². The Hall–Kier alpha value is -1.77. The Bertz CT molecular complexity index is 535. The van der Waals surface area contributed by atoms with Crippen LogP contribution in [0.5, 0.6) is 11.5 Å². The number of phenolic OH excluding ortho intramolecular Hbond substituents is 1. The first-order valence-electron chi connectivity index (χ1n) is 5.18. The first-order valence-corrected chi connectivity index (χ1v) is 5.18. The van der Waals surface area contributed by atoms with E-state index in [4.69, 9.17) is 4.74 Å². The highest BCUT2D eigenvalue weighted by molar-refractivity contribution is 5.92. The van der Waals surface area contributed by atoms with E-state index in [2.05, 4.69) is 0 Å². The van der Waals surface area contributed by atoms with Crippen LogP contribution in [0.3, 0.4) is 0 Å². The SMILES string of the molecule is CCOc1c(F)ccc2cc(O)cc(C)c12. The van der Waals surface area contributed by atoms with E-state index in [0.29, 0.717) is 6.61 Å². The standard InChI is InChI=1S/C13H13FO2/c1-3-16-13-11(14)5-4-9-7-10(15)6-8(2)12(9)13/h4-7,15H,3H2,1-2H3. The average Bonchev–Trinajstić information content (AvgIpc) is 2.22. The zero-order chi connectivity index (χ0) is 11.7. The monoisotopic (exact) mass is 220 g/mol. The summed E-state index contributed by atoms with van der Waals surface area (Å²) in [6.45, 7) is 4.05.